The number of rotatable bonds is 1. The largest absolute Gasteiger partial charge is 0.496 e. The maximum atomic E-state index is 11.5. The van der Waals surface area contributed by atoms with Crippen molar-refractivity contribution in [2.24, 2.45) is 23.7 Å². The maximum absolute atomic E-state index is 11.5. The number of esters is 2. The molecule has 3 N–H and O–H groups in total. The quantitative estimate of drug-likeness (QED) is 0.298. The van der Waals surface area contributed by atoms with Gasteiger partial charge in [-0.25, -0.2) is 0 Å². The minimum atomic E-state index is -4.21. The fraction of sp³-hybridized carbons (Fsp3) is 0.778. The van der Waals surface area contributed by atoms with Gasteiger partial charge in [-0.3, -0.25) is 9.59 Å². The molecule has 3 aliphatic rings. The van der Waals surface area contributed by atoms with Gasteiger partial charge in [0.05, 0.1) is 11.8 Å². The van der Waals surface area contributed by atoms with Crippen LogP contribution in [0.1, 0.15) is 12.8 Å². The van der Waals surface area contributed by atoms with Gasteiger partial charge in [0, 0.05) is 5.54 Å². The van der Waals surface area contributed by atoms with Gasteiger partial charge in [-0.15, -0.1) is 0 Å². The molecule has 2 saturated carbocycles. The Bertz CT molecular complexity index is 375. The van der Waals surface area contributed by atoms with Crippen molar-refractivity contribution >= 4 is 20.7 Å². The molecule has 5 unspecified atom stereocenters. The van der Waals surface area contributed by atoms with E-state index in [9.17, 15) is 24.0 Å². The average Bonchev–Trinajstić information content (AvgIpc) is 2.76. The summed E-state index contributed by atoms with van der Waals surface area (Å²) < 4.78 is 4.56. The molecule has 3 rings (SSSR count). The zero-order valence-corrected chi connectivity index (χ0v) is 9.37. The Morgan fingerprint density at radius 3 is 2.31 bits per heavy atom. The van der Waals surface area contributed by atoms with E-state index in [2.05, 4.69) is 4.74 Å². The minimum absolute atomic E-state index is 0.0442. The summed E-state index contributed by atoms with van der Waals surface area (Å²) in [6, 6.07) is 0. The van der Waals surface area contributed by atoms with Crippen LogP contribution in [0.15, 0.2) is 0 Å². The van der Waals surface area contributed by atoms with E-state index >= 15 is 0 Å². The fourth-order valence-corrected chi connectivity index (χ4v) is 5.24. The number of ether oxygens (including phenoxy) is 1. The van der Waals surface area contributed by atoms with Crippen LogP contribution in [0.5, 0.6) is 0 Å². The molecule has 88 valence electrons. The molecule has 0 aromatic carbocycles. The summed E-state index contributed by atoms with van der Waals surface area (Å²) in [6.07, 6.45) is 1.02. The zero-order chi connectivity index (χ0) is 11.7. The summed E-state index contributed by atoms with van der Waals surface area (Å²) in [6.45, 7) is 0. The van der Waals surface area contributed by atoms with Gasteiger partial charge in [0.25, 0.3) is 0 Å². The van der Waals surface area contributed by atoms with Crippen LogP contribution >= 0.6 is 0 Å². The van der Waals surface area contributed by atoms with Crippen LogP contribution in [0, 0.1) is 23.7 Å². The molecule has 16 heavy (non-hydrogen) atoms. The van der Waals surface area contributed by atoms with Gasteiger partial charge in [-0.1, -0.05) is 0 Å². The summed E-state index contributed by atoms with van der Waals surface area (Å²) in [7, 11) is -4.21. The molecule has 6 nitrogen and oxygen atoms in total. The zero-order valence-electron chi connectivity index (χ0n) is 8.37. The Morgan fingerprint density at radius 2 is 1.69 bits per heavy atom. The van der Waals surface area contributed by atoms with E-state index in [0.717, 1.165) is 0 Å². The summed E-state index contributed by atoms with van der Waals surface area (Å²) in [5.41, 5.74) is -0.628. The van der Waals surface area contributed by atoms with Gasteiger partial charge in [-0.05, 0) is 24.7 Å². The Morgan fingerprint density at radius 1 is 1.06 bits per heavy atom. The molecule has 0 amide bonds. The highest BCUT2D eigenvalue weighted by Gasteiger charge is 2.67. The van der Waals surface area contributed by atoms with Crippen molar-refractivity contribution in [3.8, 4) is 0 Å². The topological polar surface area (TPSA) is 104 Å². The summed E-state index contributed by atoms with van der Waals surface area (Å²) >= 11 is 0. The van der Waals surface area contributed by atoms with E-state index in [1.165, 1.54) is 0 Å². The van der Waals surface area contributed by atoms with Crippen LogP contribution in [0.2, 0.25) is 5.54 Å². The normalized spacial score (nSPS) is 46.1. The van der Waals surface area contributed by atoms with Crippen LogP contribution < -0.4 is 0 Å². The lowest BCUT2D eigenvalue weighted by Crippen LogP contribution is -2.46. The first-order valence-electron chi connectivity index (χ1n) is 5.32. The second-order valence-electron chi connectivity index (χ2n) is 4.98. The molecule has 1 heterocycles. The molecule has 0 aromatic rings. The van der Waals surface area contributed by atoms with Crippen molar-refractivity contribution in [2.75, 3.05) is 0 Å². The van der Waals surface area contributed by atoms with Gasteiger partial charge < -0.3 is 19.1 Å². The average molecular weight is 244 g/mol. The Labute approximate surface area is 92.2 Å². The van der Waals surface area contributed by atoms with E-state index in [4.69, 9.17) is 0 Å². The van der Waals surface area contributed by atoms with Crippen molar-refractivity contribution < 1.29 is 28.7 Å². The van der Waals surface area contributed by atoms with Crippen LogP contribution in [-0.4, -0.2) is 35.1 Å². The standard InChI is InChI=1S/C9H12O6Si/c10-8-6-3-1-4(7(6)9(11)15-8)5(2-3)16(12,13)14/h3-7,12-14H,1-2H2. The Hall–Kier alpha value is -0.763. The lowest BCUT2D eigenvalue weighted by Gasteiger charge is -2.30. The molecule has 7 heteroatoms. The molecule has 1 aliphatic heterocycles. The summed E-state index contributed by atoms with van der Waals surface area (Å²) in [5, 5.41) is 0. The Balaban J connectivity index is 1.93. The summed E-state index contributed by atoms with van der Waals surface area (Å²) in [4.78, 5) is 50.8. The van der Waals surface area contributed by atoms with Crippen molar-refractivity contribution in [2.45, 2.75) is 18.4 Å². The molecule has 2 bridgehead atoms. The predicted molar refractivity (Wildman–Crippen MR) is 50.5 cm³/mol. The first-order chi connectivity index (χ1) is 7.39. The number of hydrogen-bond donors (Lipinski definition) is 3. The molecule has 3 fully saturated rings. The van der Waals surface area contributed by atoms with Crippen molar-refractivity contribution in [3.63, 3.8) is 0 Å². The van der Waals surface area contributed by atoms with E-state index < -0.39 is 38.1 Å². The van der Waals surface area contributed by atoms with E-state index in [-0.39, 0.29) is 11.8 Å². The number of cyclic esters (lactones) is 2. The SMILES string of the molecule is O=C1OC(=O)C2C3CC(CC3[Si](O)(O)O)C12. The van der Waals surface area contributed by atoms with Gasteiger partial charge in [0.2, 0.25) is 0 Å². The number of carbonyl (C=O) groups excluding carboxylic acids is 2. The highest BCUT2D eigenvalue weighted by Crippen LogP contribution is 2.61. The van der Waals surface area contributed by atoms with E-state index in [1.807, 2.05) is 0 Å². The number of fused-ring (bicyclic) bond motifs is 5. The molecular weight excluding hydrogens is 232 g/mol. The lowest BCUT2D eigenvalue weighted by atomic mass is 9.81. The van der Waals surface area contributed by atoms with Crippen LogP contribution in [-0.2, 0) is 14.3 Å². The number of hydrogen-bond acceptors (Lipinski definition) is 6. The van der Waals surface area contributed by atoms with Crippen molar-refractivity contribution in [3.05, 3.63) is 0 Å². The van der Waals surface area contributed by atoms with Gasteiger partial charge in [-0.2, -0.15) is 0 Å². The molecule has 1 saturated heterocycles. The monoisotopic (exact) mass is 244 g/mol. The highest BCUT2D eigenvalue weighted by atomic mass is 28.4. The highest BCUT2D eigenvalue weighted by molar-refractivity contribution is 6.58. The third kappa shape index (κ3) is 1.17. The molecular formula is C9H12O6Si. The summed E-state index contributed by atoms with van der Waals surface area (Å²) in [5.74, 6) is -2.37. The maximum Gasteiger partial charge on any atom is 0.496 e. The minimum Gasteiger partial charge on any atom is -0.393 e. The predicted octanol–water partition coefficient (Wildman–Crippen LogP) is -1.37. The van der Waals surface area contributed by atoms with Gasteiger partial charge in [0.1, 0.15) is 0 Å². The molecule has 0 aromatic heterocycles. The van der Waals surface area contributed by atoms with Crippen molar-refractivity contribution in [1.29, 1.82) is 0 Å². The van der Waals surface area contributed by atoms with Gasteiger partial charge in [0.15, 0.2) is 0 Å². The first-order valence-corrected chi connectivity index (χ1v) is 7.24. The third-order valence-electron chi connectivity index (χ3n) is 4.25. The lowest BCUT2D eigenvalue weighted by molar-refractivity contribution is -0.154. The number of carbonyl (C=O) groups is 2. The second kappa shape index (κ2) is 2.92. The second-order valence-corrected chi connectivity index (χ2v) is 7.10. The molecule has 2 aliphatic carbocycles. The fourth-order valence-electron chi connectivity index (χ4n) is 3.70. The molecule has 0 spiro atoms. The van der Waals surface area contributed by atoms with Gasteiger partial charge >= 0.3 is 20.7 Å². The van der Waals surface area contributed by atoms with Crippen molar-refractivity contribution in [1.82, 2.24) is 0 Å². The van der Waals surface area contributed by atoms with E-state index in [0.29, 0.717) is 12.8 Å². The third-order valence-corrected chi connectivity index (χ3v) is 5.91. The smallest absolute Gasteiger partial charge is 0.393 e. The first kappa shape index (κ1) is 10.4. The Kier molecular flexibility index (Phi) is 1.90. The van der Waals surface area contributed by atoms with E-state index in [1.54, 1.807) is 0 Å². The molecule has 0 radical (unpaired) electrons. The van der Waals surface area contributed by atoms with Crippen LogP contribution in [0.4, 0.5) is 0 Å². The van der Waals surface area contributed by atoms with Crippen LogP contribution in [0.25, 0.3) is 0 Å². The molecule has 5 atom stereocenters. The van der Waals surface area contributed by atoms with Crippen LogP contribution in [0.3, 0.4) is 0 Å².